The molecule has 2 nitrogen and oxygen atoms in total. The topological polar surface area (TPSA) is 20.3 Å². The van der Waals surface area contributed by atoms with Crippen molar-refractivity contribution in [3.8, 4) is 0 Å². The van der Waals surface area contributed by atoms with Crippen LogP contribution in [0.25, 0.3) is 0 Å². The number of rotatable bonds is 2. The number of likely N-dealkylation sites (tertiary alicyclic amines) is 1. The van der Waals surface area contributed by atoms with Crippen LogP contribution in [0.3, 0.4) is 0 Å². The Morgan fingerprint density at radius 1 is 1.22 bits per heavy atom. The number of benzene rings is 1. The van der Waals surface area contributed by atoms with Crippen LogP contribution >= 0.6 is 0 Å². The van der Waals surface area contributed by atoms with Gasteiger partial charge in [0, 0.05) is 19.5 Å². The summed E-state index contributed by atoms with van der Waals surface area (Å²) >= 11 is 0. The van der Waals surface area contributed by atoms with E-state index in [4.69, 9.17) is 0 Å². The van der Waals surface area contributed by atoms with Gasteiger partial charge in [-0.1, -0.05) is 30.3 Å². The van der Waals surface area contributed by atoms with Crippen LogP contribution in [0.1, 0.15) is 18.4 Å². The molecular weight excluding hydrogens is 243 g/mol. The fourth-order valence-electron chi connectivity index (χ4n) is 2.14. The second kappa shape index (κ2) is 5.00. The summed E-state index contributed by atoms with van der Waals surface area (Å²) in [4.78, 5) is 12.9. The number of carbonyl (C=O) groups excluding carboxylic acids is 1. The average Bonchev–Trinajstić information content (AvgIpc) is 2.32. The number of hydrogen-bond donors (Lipinski definition) is 0. The van der Waals surface area contributed by atoms with E-state index in [1.807, 2.05) is 30.3 Å². The van der Waals surface area contributed by atoms with Crippen LogP contribution in [-0.2, 0) is 11.3 Å². The SMILES string of the molecule is O=C1CCC(C(F)(F)F)CN1Cc1ccccc1. The molecule has 0 bridgehead atoms. The van der Waals surface area contributed by atoms with Gasteiger partial charge in [-0.25, -0.2) is 0 Å². The van der Waals surface area contributed by atoms with E-state index < -0.39 is 12.1 Å². The molecule has 1 aliphatic rings. The van der Waals surface area contributed by atoms with Gasteiger partial charge in [-0.3, -0.25) is 4.79 Å². The van der Waals surface area contributed by atoms with Crippen molar-refractivity contribution in [3.63, 3.8) is 0 Å². The van der Waals surface area contributed by atoms with Crippen LogP contribution in [-0.4, -0.2) is 23.5 Å². The molecule has 1 aromatic carbocycles. The van der Waals surface area contributed by atoms with Gasteiger partial charge in [0.25, 0.3) is 0 Å². The molecule has 18 heavy (non-hydrogen) atoms. The third-order valence-corrected chi connectivity index (χ3v) is 3.18. The smallest absolute Gasteiger partial charge is 0.338 e. The average molecular weight is 257 g/mol. The highest BCUT2D eigenvalue weighted by Gasteiger charge is 2.43. The molecule has 2 rings (SSSR count). The van der Waals surface area contributed by atoms with Gasteiger partial charge < -0.3 is 4.90 Å². The molecular formula is C13H14F3NO. The van der Waals surface area contributed by atoms with Gasteiger partial charge in [0.2, 0.25) is 5.91 Å². The van der Waals surface area contributed by atoms with Crippen LogP contribution in [0.2, 0.25) is 0 Å². The lowest BCUT2D eigenvalue weighted by Crippen LogP contribution is -2.44. The number of piperidine rings is 1. The van der Waals surface area contributed by atoms with Gasteiger partial charge in [-0.05, 0) is 12.0 Å². The van der Waals surface area contributed by atoms with E-state index in [-0.39, 0.29) is 31.8 Å². The van der Waals surface area contributed by atoms with E-state index in [1.165, 1.54) is 4.90 Å². The molecule has 0 spiro atoms. The van der Waals surface area contributed by atoms with Crippen molar-refractivity contribution in [2.45, 2.75) is 25.6 Å². The third-order valence-electron chi connectivity index (χ3n) is 3.18. The van der Waals surface area contributed by atoms with Crippen molar-refractivity contribution in [1.29, 1.82) is 0 Å². The molecule has 0 radical (unpaired) electrons. The van der Waals surface area contributed by atoms with Gasteiger partial charge in [0.05, 0.1) is 5.92 Å². The van der Waals surface area contributed by atoms with Gasteiger partial charge >= 0.3 is 6.18 Å². The van der Waals surface area contributed by atoms with E-state index in [2.05, 4.69) is 0 Å². The molecule has 0 aromatic heterocycles. The minimum atomic E-state index is -4.21. The fourth-order valence-corrected chi connectivity index (χ4v) is 2.14. The monoisotopic (exact) mass is 257 g/mol. The maximum atomic E-state index is 12.6. The fraction of sp³-hybridized carbons (Fsp3) is 0.462. The van der Waals surface area contributed by atoms with Crippen LogP contribution < -0.4 is 0 Å². The van der Waals surface area contributed by atoms with E-state index in [9.17, 15) is 18.0 Å². The van der Waals surface area contributed by atoms with Crippen molar-refractivity contribution in [3.05, 3.63) is 35.9 Å². The molecule has 1 aliphatic heterocycles. The Kier molecular flexibility index (Phi) is 3.59. The molecule has 0 saturated carbocycles. The Morgan fingerprint density at radius 2 is 1.89 bits per heavy atom. The van der Waals surface area contributed by atoms with Crippen LogP contribution in [0, 0.1) is 5.92 Å². The standard InChI is InChI=1S/C13H14F3NO/c14-13(15,16)11-6-7-12(18)17(9-11)8-10-4-2-1-3-5-10/h1-5,11H,6-9H2. The zero-order valence-corrected chi connectivity index (χ0v) is 9.78. The molecule has 1 fully saturated rings. The number of carbonyl (C=O) groups is 1. The molecule has 5 heteroatoms. The number of hydrogen-bond acceptors (Lipinski definition) is 1. The van der Waals surface area contributed by atoms with E-state index >= 15 is 0 Å². The largest absolute Gasteiger partial charge is 0.393 e. The zero-order chi connectivity index (χ0) is 13.2. The van der Waals surface area contributed by atoms with Crippen molar-refractivity contribution in [1.82, 2.24) is 4.90 Å². The normalized spacial score (nSPS) is 21.2. The summed E-state index contributed by atoms with van der Waals surface area (Å²) in [5.41, 5.74) is 0.855. The first-order valence-electron chi connectivity index (χ1n) is 5.85. The maximum absolute atomic E-state index is 12.6. The van der Waals surface area contributed by atoms with E-state index in [0.29, 0.717) is 0 Å². The Morgan fingerprint density at radius 3 is 2.50 bits per heavy atom. The van der Waals surface area contributed by atoms with Gasteiger partial charge in [0.15, 0.2) is 0 Å². The third kappa shape index (κ3) is 3.03. The highest BCUT2D eigenvalue weighted by molar-refractivity contribution is 5.77. The summed E-state index contributed by atoms with van der Waals surface area (Å²) in [6.45, 7) is 0.0312. The summed E-state index contributed by atoms with van der Waals surface area (Å²) in [5, 5.41) is 0. The van der Waals surface area contributed by atoms with Crippen molar-refractivity contribution < 1.29 is 18.0 Å². The molecule has 1 heterocycles. The number of alkyl halides is 3. The lowest BCUT2D eigenvalue weighted by atomic mass is 9.96. The number of nitrogens with zero attached hydrogens (tertiary/aromatic N) is 1. The van der Waals surface area contributed by atoms with Gasteiger partial charge in [-0.2, -0.15) is 13.2 Å². The Labute approximate surface area is 103 Å². The van der Waals surface area contributed by atoms with Crippen LogP contribution in [0.15, 0.2) is 30.3 Å². The highest BCUT2D eigenvalue weighted by atomic mass is 19.4. The van der Waals surface area contributed by atoms with E-state index in [1.54, 1.807) is 0 Å². The highest BCUT2D eigenvalue weighted by Crippen LogP contribution is 2.33. The van der Waals surface area contributed by atoms with Crippen molar-refractivity contribution in [2.24, 2.45) is 5.92 Å². The first-order chi connectivity index (χ1) is 8.47. The summed E-state index contributed by atoms with van der Waals surface area (Å²) in [5.74, 6) is -1.58. The molecule has 1 atom stereocenters. The summed E-state index contributed by atoms with van der Waals surface area (Å²) < 4.78 is 37.9. The first kappa shape index (κ1) is 12.9. The molecule has 1 amide bonds. The van der Waals surface area contributed by atoms with Crippen molar-refractivity contribution >= 4 is 5.91 Å². The number of halogens is 3. The predicted octanol–water partition coefficient (Wildman–Crippen LogP) is 2.99. The molecule has 0 aliphatic carbocycles. The quantitative estimate of drug-likeness (QED) is 0.797. The number of amides is 1. The zero-order valence-electron chi connectivity index (χ0n) is 9.78. The van der Waals surface area contributed by atoms with Crippen molar-refractivity contribution in [2.75, 3.05) is 6.54 Å². The lowest BCUT2D eigenvalue weighted by molar-refractivity contribution is -0.189. The molecule has 0 N–H and O–H groups in total. The van der Waals surface area contributed by atoms with Crippen LogP contribution in [0.5, 0.6) is 0 Å². The second-order valence-corrected chi connectivity index (χ2v) is 4.54. The van der Waals surface area contributed by atoms with E-state index in [0.717, 1.165) is 5.56 Å². The summed E-state index contributed by atoms with van der Waals surface area (Å²) in [6, 6.07) is 9.07. The predicted molar refractivity (Wildman–Crippen MR) is 60.6 cm³/mol. The van der Waals surface area contributed by atoms with Gasteiger partial charge in [0.1, 0.15) is 0 Å². The lowest BCUT2D eigenvalue weighted by Gasteiger charge is -2.33. The minimum Gasteiger partial charge on any atom is -0.338 e. The first-order valence-corrected chi connectivity index (χ1v) is 5.85. The Bertz CT molecular complexity index is 416. The second-order valence-electron chi connectivity index (χ2n) is 4.54. The maximum Gasteiger partial charge on any atom is 0.393 e. The molecule has 1 unspecified atom stereocenters. The summed E-state index contributed by atoms with van der Waals surface area (Å²) in [7, 11) is 0. The Hall–Kier alpha value is -1.52. The molecule has 1 saturated heterocycles. The van der Waals surface area contributed by atoms with Crippen LogP contribution in [0.4, 0.5) is 13.2 Å². The molecule has 1 aromatic rings. The Balaban J connectivity index is 2.05. The minimum absolute atomic E-state index is 0.0169. The molecule has 98 valence electrons. The summed E-state index contributed by atoms with van der Waals surface area (Å²) in [6.07, 6.45) is -4.32. The van der Waals surface area contributed by atoms with Gasteiger partial charge in [-0.15, -0.1) is 0 Å².